The minimum absolute atomic E-state index is 0.451. The van der Waals surface area contributed by atoms with Gasteiger partial charge < -0.3 is 9.47 Å². The van der Waals surface area contributed by atoms with E-state index in [-0.39, 0.29) is 0 Å². The first kappa shape index (κ1) is 35.7. The summed E-state index contributed by atoms with van der Waals surface area (Å²) in [7, 11) is 0. The van der Waals surface area contributed by atoms with Crippen molar-refractivity contribution in [2.45, 2.75) is 5.41 Å². The molecule has 0 aliphatic heterocycles. The second-order valence-electron chi connectivity index (χ2n) is 17.5. The van der Waals surface area contributed by atoms with Gasteiger partial charge in [-0.2, -0.15) is 0 Å². The molecule has 0 unspecified atom stereocenters. The summed E-state index contributed by atoms with van der Waals surface area (Å²) >= 11 is 3.76. The maximum Gasteiger partial charge on any atom is 0.0726 e. The van der Waals surface area contributed by atoms with Crippen molar-refractivity contribution in [3.63, 3.8) is 0 Å². The van der Waals surface area contributed by atoms with E-state index in [1.807, 2.05) is 22.7 Å². The molecule has 0 N–H and O–H groups in total. The van der Waals surface area contributed by atoms with Crippen LogP contribution in [0.1, 0.15) is 22.3 Å². The van der Waals surface area contributed by atoms with Gasteiger partial charge in [0.25, 0.3) is 0 Å². The first-order chi connectivity index (χ1) is 32.3. The van der Waals surface area contributed by atoms with Gasteiger partial charge in [0.05, 0.1) is 22.1 Å². The van der Waals surface area contributed by atoms with E-state index in [1.54, 1.807) is 0 Å². The van der Waals surface area contributed by atoms with E-state index in [2.05, 4.69) is 228 Å². The van der Waals surface area contributed by atoms with Crippen molar-refractivity contribution >= 4 is 102 Å². The summed E-state index contributed by atoms with van der Waals surface area (Å²) in [6, 6.07) is 82.1. The number of anilines is 3. The molecule has 0 atom stereocenters. The fourth-order valence-electron chi connectivity index (χ4n) is 11.9. The van der Waals surface area contributed by atoms with E-state index < -0.39 is 5.41 Å². The molecule has 13 aromatic rings. The van der Waals surface area contributed by atoms with Crippen LogP contribution in [0.2, 0.25) is 0 Å². The standard InChI is InChI=1S/C61H36N2S2/c1-2-15-37(16-3-1)63-51-31-29-38(36-46(51)59-53(63)32-34-57-60(59)44-21-8-13-28-55(44)65-57)62(39-30-33-56-45(35-39)42-19-7-12-27-54(42)64-56)52-26-14-25-50-58(52)43-20-6-11-24-49(43)61(50)47-22-9-4-17-40(47)41-18-5-10-23-48(41)61/h1-36H. The van der Waals surface area contributed by atoms with Crippen LogP contribution in [0, 0.1) is 0 Å². The Morgan fingerprint density at radius 2 is 0.892 bits per heavy atom. The summed E-state index contributed by atoms with van der Waals surface area (Å²) in [6.07, 6.45) is 0. The molecule has 0 saturated carbocycles. The molecule has 2 nitrogen and oxygen atoms in total. The maximum absolute atomic E-state index is 2.56. The van der Waals surface area contributed by atoms with Crippen molar-refractivity contribution in [3.8, 4) is 27.9 Å². The van der Waals surface area contributed by atoms with E-state index in [0.717, 1.165) is 17.1 Å². The van der Waals surface area contributed by atoms with Crippen molar-refractivity contribution in [3.05, 3.63) is 241 Å². The van der Waals surface area contributed by atoms with Gasteiger partial charge in [-0.1, -0.05) is 140 Å². The molecule has 2 aliphatic rings. The molecular formula is C61H36N2S2. The van der Waals surface area contributed by atoms with Crippen LogP contribution in [-0.2, 0) is 5.41 Å². The Hall–Kier alpha value is -7.76. The Kier molecular flexibility index (Phi) is 7.22. The lowest BCUT2D eigenvalue weighted by atomic mass is 9.70. The third-order valence-corrected chi connectivity index (χ3v) is 16.7. The van der Waals surface area contributed by atoms with Crippen LogP contribution >= 0.6 is 22.7 Å². The maximum atomic E-state index is 2.56. The van der Waals surface area contributed by atoms with Gasteiger partial charge in [-0.05, 0) is 118 Å². The van der Waals surface area contributed by atoms with Crippen LogP contribution < -0.4 is 4.90 Å². The summed E-state index contributed by atoms with van der Waals surface area (Å²) in [5.41, 5.74) is 17.1. The zero-order valence-electron chi connectivity index (χ0n) is 35.0. The number of hydrogen-bond acceptors (Lipinski definition) is 3. The van der Waals surface area contributed by atoms with Gasteiger partial charge in [0.1, 0.15) is 0 Å². The molecule has 65 heavy (non-hydrogen) atoms. The van der Waals surface area contributed by atoms with E-state index >= 15 is 0 Å². The van der Waals surface area contributed by atoms with E-state index in [9.17, 15) is 0 Å². The number of rotatable bonds is 4. The molecule has 3 aromatic heterocycles. The molecule has 1 spiro atoms. The Bertz CT molecular complexity index is 4100. The fraction of sp³-hybridized carbons (Fsp3) is 0.0164. The quantitative estimate of drug-likeness (QED) is 0.171. The zero-order chi connectivity index (χ0) is 42.4. The molecule has 0 fully saturated rings. The van der Waals surface area contributed by atoms with Gasteiger partial charge in [0, 0.05) is 73.7 Å². The number of hydrogen-bond donors (Lipinski definition) is 0. The fourth-order valence-corrected chi connectivity index (χ4v) is 14.1. The predicted molar refractivity (Wildman–Crippen MR) is 278 cm³/mol. The number of aromatic nitrogens is 1. The van der Waals surface area contributed by atoms with E-state index in [1.165, 1.54) is 112 Å². The van der Waals surface area contributed by atoms with Crippen molar-refractivity contribution in [2.24, 2.45) is 0 Å². The van der Waals surface area contributed by atoms with Crippen LogP contribution in [0.4, 0.5) is 17.1 Å². The molecule has 0 amide bonds. The minimum atomic E-state index is -0.451. The smallest absolute Gasteiger partial charge is 0.0726 e. The highest BCUT2D eigenvalue weighted by Gasteiger charge is 2.52. The van der Waals surface area contributed by atoms with Crippen LogP contribution in [-0.4, -0.2) is 4.57 Å². The van der Waals surface area contributed by atoms with Crippen molar-refractivity contribution < 1.29 is 0 Å². The first-order valence-corrected chi connectivity index (χ1v) is 24.0. The van der Waals surface area contributed by atoms with Crippen LogP contribution in [0.25, 0.3) is 90.1 Å². The van der Waals surface area contributed by atoms with Crippen LogP contribution in [0.5, 0.6) is 0 Å². The van der Waals surface area contributed by atoms with E-state index in [4.69, 9.17) is 0 Å². The molecule has 302 valence electrons. The van der Waals surface area contributed by atoms with Gasteiger partial charge in [-0.15, -0.1) is 22.7 Å². The average Bonchev–Trinajstić information content (AvgIpc) is 4.16. The molecular weight excluding hydrogens is 825 g/mol. The highest BCUT2D eigenvalue weighted by atomic mass is 32.1. The molecule has 4 heteroatoms. The lowest BCUT2D eigenvalue weighted by Gasteiger charge is -2.32. The Labute approximate surface area is 383 Å². The zero-order valence-corrected chi connectivity index (χ0v) is 36.6. The van der Waals surface area contributed by atoms with Crippen molar-refractivity contribution in [2.75, 3.05) is 4.90 Å². The summed E-state index contributed by atoms with van der Waals surface area (Å²) in [4.78, 5) is 2.56. The molecule has 15 rings (SSSR count). The van der Waals surface area contributed by atoms with Gasteiger partial charge in [0.2, 0.25) is 0 Å². The summed E-state index contributed by atoms with van der Waals surface area (Å²) in [5.74, 6) is 0. The molecule has 2 aliphatic carbocycles. The third-order valence-electron chi connectivity index (χ3n) is 14.4. The average molecular weight is 861 g/mol. The van der Waals surface area contributed by atoms with Gasteiger partial charge >= 0.3 is 0 Å². The molecule has 0 bridgehead atoms. The number of thiophene rings is 2. The summed E-state index contributed by atoms with van der Waals surface area (Å²) in [5, 5.41) is 7.75. The van der Waals surface area contributed by atoms with Crippen LogP contribution in [0.3, 0.4) is 0 Å². The van der Waals surface area contributed by atoms with Crippen LogP contribution in [0.15, 0.2) is 218 Å². The summed E-state index contributed by atoms with van der Waals surface area (Å²) < 4.78 is 7.69. The summed E-state index contributed by atoms with van der Waals surface area (Å²) in [6.45, 7) is 0. The highest BCUT2D eigenvalue weighted by molar-refractivity contribution is 7.26. The first-order valence-electron chi connectivity index (χ1n) is 22.3. The topological polar surface area (TPSA) is 8.17 Å². The van der Waals surface area contributed by atoms with Crippen molar-refractivity contribution in [1.29, 1.82) is 0 Å². The highest BCUT2D eigenvalue weighted by Crippen LogP contribution is 2.65. The van der Waals surface area contributed by atoms with Crippen molar-refractivity contribution in [1.82, 2.24) is 4.57 Å². The number of nitrogens with zero attached hydrogens (tertiary/aromatic N) is 2. The number of para-hydroxylation sites is 1. The molecule has 0 radical (unpaired) electrons. The third kappa shape index (κ3) is 4.67. The number of fused-ring (bicyclic) bond motifs is 20. The number of benzene rings is 10. The Morgan fingerprint density at radius 3 is 1.66 bits per heavy atom. The van der Waals surface area contributed by atoms with Gasteiger partial charge in [-0.3, -0.25) is 0 Å². The molecule has 3 heterocycles. The molecule has 10 aromatic carbocycles. The SMILES string of the molecule is c1ccc(-n2c3ccc(N(c4ccc5sc6ccccc6c5c4)c4cccc5c4-c4ccccc4C54c5ccccc5-c5ccccc54)cc3c3c4c(ccc32)sc2ccccc24)cc1. The normalized spacial score (nSPS) is 13.4. The van der Waals surface area contributed by atoms with E-state index in [0.29, 0.717) is 0 Å². The second-order valence-corrected chi connectivity index (χ2v) is 19.7. The monoisotopic (exact) mass is 860 g/mol. The largest absolute Gasteiger partial charge is 0.310 e. The molecule has 0 saturated heterocycles. The minimum Gasteiger partial charge on any atom is -0.310 e. The Balaban J connectivity index is 1.07. The Morgan fingerprint density at radius 1 is 0.354 bits per heavy atom. The predicted octanol–water partition coefficient (Wildman–Crippen LogP) is 17.3. The second kappa shape index (κ2) is 13.1. The van der Waals surface area contributed by atoms with Gasteiger partial charge in [0.15, 0.2) is 0 Å². The van der Waals surface area contributed by atoms with Gasteiger partial charge in [-0.25, -0.2) is 0 Å². The lowest BCUT2D eigenvalue weighted by molar-refractivity contribution is 0.794. The lowest BCUT2D eigenvalue weighted by Crippen LogP contribution is -2.26.